The Morgan fingerprint density at radius 1 is 0.923 bits per heavy atom. The topological polar surface area (TPSA) is 93.0 Å². The van der Waals surface area contributed by atoms with Crippen molar-refractivity contribution in [1.82, 2.24) is 9.97 Å². The third kappa shape index (κ3) is 3.77. The van der Waals surface area contributed by atoms with E-state index in [2.05, 4.69) is 20.6 Å². The second-order valence-electron chi connectivity index (χ2n) is 6.11. The van der Waals surface area contributed by atoms with Gasteiger partial charge in [0.15, 0.2) is 0 Å². The zero-order chi connectivity index (χ0) is 18.7. The highest BCUT2D eigenvalue weighted by Crippen LogP contribution is 2.33. The molecule has 1 heterocycles. The summed E-state index contributed by atoms with van der Waals surface area (Å²) in [4.78, 5) is 19.3. The maximum absolute atomic E-state index is 11.7. The maximum atomic E-state index is 11.7. The highest BCUT2D eigenvalue weighted by Gasteiger charge is 2.23. The van der Waals surface area contributed by atoms with Gasteiger partial charge in [-0.3, -0.25) is 10.1 Å². The van der Waals surface area contributed by atoms with Crippen LogP contribution in [-0.2, 0) is 0 Å². The van der Waals surface area contributed by atoms with Crippen molar-refractivity contribution in [2.45, 2.75) is 20.8 Å². The molecular formula is C19H19N5O2. The van der Waals surface area contributed by atoms with Crippen LogP contribution in [0.4, 0.5) is 28.7 Å². The number of hydrogen-bond donors (Lipinski definition) is 2. The first kappa shape index (κ1) is 17.3. The standard InChI is InChI=1S/C19H19N5O2/c1-12-5-4-6-15(10-12)22-18-17(24(25)26)19(21-11-20-18)23-16-8-7-13(2)9-14(16)3/h4-11H,1-3H3,(H2,20,21,22,23). The van der Waals surface area contributed by atoms with Crippen LogP contribution >= 0.6 is 0 Å². The van der Waals surface area contributed by atoms with Gasteiger partial charge in [0.25, 0.3) is 0 Å². The van der Waals surface area contributed by atoms with Gasteiger partial charge in [-0.15, -0.1) is 0 Å². The lowest BCUT2D eigenvalue weighted by Crippen LogP contribution is -2.06. The molecule has 0 aliphatic heterocycles. The number of nitrogens with one attached hydrogen (secondary N) is 2. The third-order valence-electron chi connectivity index (χ3n) is 3.92. The van der Waals surface area contributed by atoms with E-state index in [1.807, 2.05) is 63.2 Å². The molecule has 0 spiro atoms. The summed E-state index contributed by atoms with van der Waals surface area (Å²) in [7, 11) is 0. The number of aromatic nitrogens is 2. The average molecular weight is 349 g/mol. The lowest BCUT2D eigenvalue weighted by atomic mass is 10.1. The molecule has 0 saturated carbocycles. The molecule has 0 saturated heterocycles. The van der Waals surface area contributed by atoms with Crippen molar-refractivity contribution in [2.24, 2.45) is 0 Å². The fraction of sp³-hybridized carbons (Fsp3) is 0.158. The minimum absolute atomic E-state index is 0.142. The van der Waals surface area contributed by atoms with Gasteiger partial charge < -0.3 is 10.6 Å². The summed E-state index contributed by atoms with van der Waals surface area (Å²) in [5.74, 6) is 0.287. The quantitative estimate of drug-likeness (QED) is 0.508. The molecule has 0 aliphatic carbocycles. The van der Waals surface area contributed by atoms with Crippen molar-refractivity contribution in [2.75, 3.05) is 10.6 Å². The number of rotatable bonds is 5. The fourth-order valence-corrected chi connectivity index (χ4v) is 2.68. The van der Waals surface area contributed by atoms with E-state index in [9.17, 15) is 10.1 Å². The molecule has 0 aliphatic rings. The molecule has 3 aromatic rings. The largest absolute Gasteiger partial charge is 0.353 e. The predicted molar refractivity (Wildman–Crippen MR) is 102 cm³/mol. The van der Waals surface area contributed by atoms with Crippen molar-refractivity contribution >= 4 is 28.7 Å². The van der Waals surface area contributed by atoms with Gasteiger partial charge in [-0.2, -0.15) is 0 Å². The number of nitrogens with zero attached hydrogens (tertiary/aromatic N) is 3. The molecule has 26 heavy (non-hydrogen) atoms. The second kappa shape index (κ2) is 7.18. The van der Waals surface area contributed by atoms with Crippen molar-refractivity contribution in [3.05, 3.63) is 75.6 Å². The van der Waals surface area contributed by atoms with Crippen molar-refractivity contribution in [3.63, 3.8) is 0 Å². The summed E-state index contributed by atoms with van der Waals surface area (Å²) in [6.07, 6.45) is 1.30. The summed E-state index contributed by atoms with van der Waals surface area (Å²) in [6.45, 7) is 5.88. The Kier molecular flexibility index (Phi) is 4.79. The van der Waals surface area contributed by atoms with Crippen LogP contribution < -0.4 is 10.6 Å². The van der Waals surface area contributed by atoms with Crippen molar-refractivity contribution in [3.8, 4) is 0 Å². The number of anilines is 4. The van der Waals surface area contributed by atoms with Gasteiger partial charge in [-0.05, 0) is 50.1 Å². The van der Waals surface area contributed by atoms with Gasteiger partial charge >= 0.3 is 5.69 Å². The Labute approximate surface area is 151 Å². The monoisotopic (exact) mass is 349 g/mol. The van der Waals surface area contributed by atoms with Gasteiger partial charge in [-0.25, -0.2) is 9.97 Å². The summed E-state index contributed by atoms with van der Waals surface area (Å²) in [5.41, 5.74) is 4.43. The molecular weight excluding hydrogens is 330 g/mol. The maximum Gasteiger partial charge on any atom is 0.353 e. The summed E-state index contributed by atoms with van der Waals surface area (Å²) in [6, 6.07) is 13.4. The van der Waals surface area contributed by atoms with Gasteiger partial charge in [0, 0.05) is 11.4 Å². The Morgan fingerprint density at radius 2 is 1.62 bits per heavy atom. The van der Waals surface area contributed by atoms with E-state index in [1.54, 1.807) is 0 Å². The van der Waals surface area contributed by atoms with Crippen LogP contribution in [0.5, 0.6) is 0 Å². The van der Waals surface area contributed by atoms with Gasteiger partial charge in [0.05, 0.1) is 4.92 Å². The van der Waals surface area contributed by atoms with E-state index in [0.717, 1.165) is 28.1 Å². The van der Waals surface area contributed by atoms with Gasteiger partial charge in [0.1, 0.15) is 6.33 Å². The van der Waals surface area contributed by atoms with Gasteiger partial charge in [-0.1, -0.05) is 29.8 Å². The Balaban J connectivity index is 1.99. The Morgan fingerprint density at radius 3 is 2.27 bits per heavy atom. The lowest BCUT2D eigenvalue weighted by Gasteiger charge is -2.12. The molecule has 132 valence electrons. The first-order valence-corrected chi connectivity index (χ1v) is 8.11. The molecule has 2 N–H and O–H groups in total. The number of hydrogen-bond acceptors (Lipinski definition) is 6. The summed E-state index contributed by atoms with van der Waals surface area (Å²) < 4.78 is 0. The molecule has 0 radical (unpaired) electrons. The fourth-order valence-electron chi connectivity index (χ4n) is 2.68. The van der Waals surface area contributed by atoms with Crippen LogP contribution in [0.2, 0.25) is 0 Å². The van der Waals surface area contributed by atoms with Crippen LogP contribution in [0, 0.1) is 30.9 Å². The van der Waals surface area contributed by atoms with E-state index in [4.69, 9.17) is 0 Å². The van der Waals surface area contributed by atoms with E-state index in [1.165, 1.54) is 6.33 Å². The van der Waals surface area contributed by atoms with Crippen LogP contribution in [0.3, 0.4) is 0 Å². The molecule has 0 atom stereocenters. The molecule has 2 aromatic carbocycles. The third-order valence-corrected chi connectivity index (χ3v) is 3.92. The van der Waals surface area contributed by atoms with E-state index in [0.29, 0.717) is 0 Å². The Bertz CT molecular complexity index is 972. The number of benzene rings is 2. The lowest BCUT2D eigenvalue weighted by molar-refractivity contribution is -0.383. The molecule has 3 rings (SSSR count). The first-order valence-electron chi connectivity index (χ1n) is 8.11. The smallest absolute Gasteiger partial charge is 0.334 e. The number of aryl methyl sites for hydroxylation is 3. The SMILES string of the molecule is Cc1cccc(Nc2ncnc(Nc3ccc(C)cc3C)c2[N+](=O)[O-])c1. The molecule has 0 unspecified atom stereocenters. The zero-order valence-electron chi connectivity index (χ0n) is 14.8. The normalized spacial score (nSPS) is 10.4. The van der Waals surface area contributed by atoms with Crippen LogP contribution in [0.1, 0.15) is 16.7 Å². The highest BCUT2D eigenvalue weighted by atomic mass is 16.6. The summed E-state index contributed by atoms with van der Waals surface area (Å²) >= 11 is 0. The molecule has 0 fully saturated rings. The minimum Gasteiger partial charge on any atom is -0.334 e. The van der Waals surface area contributed by atoms with E-state index >= 15 is 0 Å². The summed E-state index contributed by atoms with van der Waals surface area (Å²) in [5, 5.41) is 17.7. The molecule has 7 nitrogen and oxygen atoms in total. The number of nitro groups is 1. The van der Waals surface area contributed by atoms with Gasteiger partial charge in [0.2, 0.25) is 11.6 Å². The molecule has 0 amide bonds. The average Bonchev–Trinajstić information content (AvgIpc) is 2.57. The van der Waals surface area contributed by atoms with Crippen LogP contribution in [0.15, 0.2) is 48.8 Å². The molecule has 0 bridgehead atoms. The predicted octanol–water partition coefficient (Wildman–Crippen LogP) is 4.80. The van der Waals surface area contributed by atoms with Crippen molar-refractivity contribution < 1.29 is 4.92 Å². The van der Waals surface area contributed by atoms with E-state index < -0.39 is 4.92 Å². The van der Waals surface area contributed by atoms with Crippen LogP contribution in [0.25, 0.3) is 0 Å². The zero-order valence-corrected chi connectivity index (χ0v) is 14.8. The van der Waals surface area contributed by atoms with E-state index in [-0.39, 0.29) is 17.3 Å². The highest BCUT2D eigenvalue weighted by molar-refractivity contribution is 5.77. The van der Waals surface area contributed by atoms with Crippen molar-refractivity contribution in [1.29, 1.82) is 0 Å². The Hall–Kier alpha value is -3.48. The molecule has 7 heteroatoms. The second-order valence-corrected chi connectivity index (χ2v) is 6.11. The first-order chi connectivity index (χ1) is 12.4. The minimum atomic E-state index is -0.482. The molecule has 1 aromatic heterocycles. The van der Waals surface area contributed by atoms with Crippen LogP contribution in [-0.4, -0.2) is 14.9 Å².